The molecule has 0 saturated carbocycles. The summed E-state index contributed by atoms with van der Waals surface area (Å²) in [7, 11) is 0. The van der Waals surface area contributed by atoms with E-state index in [1.54, 1.807) is 6.07 Å². The van der Waals surface area contributed by atoms with E-state index in [-0.39, 0.29) is 42.8 Å². The highest BCUT2D eigenvalue weighted by Gasteiger charge is 2.58. The smallest absolute Gasteiger partial charge is 0.338 e. The number of fused-ring (bicyclic) bond motifs is 2. The van der Waals surface area contributed by atoms with E-state index in [0.29, 0.717) is 47.4 Å². The van der Waals surface area contributed by atoms with Crippen molar-refractivity contribution in [2.75, 3.05) is 26.4 Å². The van der Waals surface area contributed by atoms with Crippen molar-refractivity contribution in [3.05, 3.63) is 63.3 Å². The van der Waals surface area contributed by atoms with Crippen molar-refractivity contribution in [2.45, 2.75) is 83.4 Å². The largest absolute Gasteiger partial charge is 0.465 e. The highest BCUT2D eigenvalue weighted by molar-refractivity contribution is 9.10. The Kier molecular flexibility index (Phi) is 12.6. The van der Waals surface area contributed by atoms with Crippen LogP contribution in [0.1, 0.15) is 95.0 Å². The number of esters is 4. The number of rotatable bonds is 16. The van der Waals surface area contributed by atoms with E-state index in [0.717, 1.165) is 46.3 Å². The van der Waals surface area contributed by atoms with Crippen LogP contribution in [-0.2, 0) is 37.7 Å². The number of hydrogen-bond donors (Lipinski definition) is 0. The molecule has 1 aliphatic carbocycles. The highest BCUT2D eigenvalue weighted by atomic mass is 79.9. The predicted octanol–water partition coefficient (Wildman–Crippen LogP) is 8.99. The Labute approximate surface area is 309 Å². The van der Waals surface area contributed by atoms with Gasteiger partial charge < -0.3 is 18.9 Å². The maximum atomic E-state index is 14.7. The van der Waals surface area contributed by atoms with Gasteiger partial charge in [0.25, 0.3) is 0 Å². The minimum absolute atomic E-state index is 0.0808. The summed E-state index contributed by atoms with van der Waals surface area (Å²) in [6, 6.07) is 13.2. The third kappa shape index (κ3) is 6.90. The number of benzene rings is 4. The molecule has 0 saturated heterocycles. The molecule has 0 radical (unpaired) electrons. The Morgan fingerprint density at radius 2 is 1.26 bits per heavy atom. The average molecular weight is 813 g/mol. The third-order valence-electron chi connectivity index (χ3n) is 9.22. The van der Waals surface area contributed by atoms with Gasteiger partial charge in [0.15, 0.2) is 4.32 Å². The Morgan fingerprint density at radius 3 is 1.90 bits per heavy atom. The number of hydrogen-bond acceptors (Lipinski definition) is 8. The maximum absolute atomic E-state index is 14.7. The van der Waals surface area contributed by atoms with Crippen molar-refractivity contribution >= 4 is 93.6 Å². The van der Waals surface area contributed by atoms with E-state index >= 15 is 0 Å². The predicted molar refractivity (Wildman–Crippen MR) is 202 cm³/mol. The summed E-state index contributed by atoms with van der Waals surface area (Å²) in [5.41, 5.74) is 0.381. The lowest BCUT2D eigenvalue weighted by molar-refractivity contribution is -0.157. The third-order valence-corrected chi connectivity index (χ3v) is 11.1. The monoisotopic (exact) mass is 810 g/mol. The standard InChI is InChI=1S/C40H44Br2O8/c1-5-9-20-47-36(43)27-18-17-25-30-28(41)19-16-24-14-13-15-26(29(24)30)34-32(25)31(27)33(37(44)48-21-10-6-2)35(38(45)49-22-11-7-3)40(34,42)39(46)50-23-12-8-4/h13-19,35H,5-12,20-23H2,1-4H3. The summed E-state index contributed by atoms with van der Waals surface area (Å²) in [4.78, 5) is 57.7. The second kappa shape index (κ2) is 16.7. The number of unbranched alkanes of at least 4 members (excludes halogenated alkanes) is 4. The van der Waals surface area contributed by atoms with Gasteiger partial charge in [-0.05, 0) is 70.3 Å². The van der Waals surface area contributed by atoms with E-state index in [2.05, 4.69) is 31.9 Å². The van der Waals surface area contributed by atoms with Crippen LogP contribution < -0.4 is 5.22 Å². The summed E-state index contributed by atoms with van der Waals surface area (Å²) >= 11 is 7.59. The van der Waals surface area contributed by atoms with Gasteiger partial charge in [-0.15, -0.1) is 0 Å². The molecule has 4 aromatic rings. The van der Waals surface area contributed by atoms with Gasteiger partial charge in [0.2, 0.25) is 0 Å². The number of ether oxygens (including phenoxy) is 4. The van der Waals surface area contributed by atoms with Gasteiger partial charge in [-0.1, -0.05) is 116 Å². The molecule has 0 fully saturated rings. The normalized spacial score (nSPS) is 16.9. The maximum Gasteiger partial charge on any atom is 0.338 e. The van der Waals surface area contributed by atoms with Gasteiger partial charge in [0.1, 0.15) is 5.92 Å². The molecule has 8 nitrogen and oxygen atoms in total. The zero-order valence-electron chi connectivity index (χ0n) is 29.1. The van der Waals surface area contributed by atoms with Crippen LogP contribution in [0.25, 0.3) is 37.9 Å². The van der Waals surface area contributed by atoms with Crippen LogP contribution in [0.3, 0.4) is 0 Å². The van der Waals surface area contributed by atoms with Crippen molar-refractivity contribution in [1.29, 1.82) is 0 Å². The lowest BCUT2D eigenvalue weighted by Gasteiger charge is -2.39. The molecule has 1 aliphatic rings. The molecule has 266 valence electrons. The summed E-state index contributed by atoms with van der Waals surface area (Å²) in [5, 5.41) is 4.61. The fraction of sp³-hybridized carbons (Fsp3) is 0.450. The van der Waals surface area contributed by atoms with Crippen LogP contribution in [-0.4, -0.2) is 50.3 Å². The van der Waals surface area contributed by atoms with E-state index in [4.69, 9.17) is 18.9 Å². The van der Waals surface area contributed by atoms with Crippen molar-refractivity contribution in [3.63, 3.8) is 0 Å². The molecule has 0 spiro atoms. The van der Waals surface area contributed by atoms with Gasteiger partial charge >= 0.3 is 23.9 Å². The van der Waals surface area contributed by atoms with Crippen LogP contribution >= 0.6 is 31.9 Å². The summed E-state index contributed by atoms with van der Waals surface area (Å²) in [6.07, 6.45) is 5.54. The van der Waals surface area contributed by atoms with E-state index in [1.165, 1.54) is 0 Å². The lowest BCUT2D eigenvalue weighted by atomic mass is 9.70. The first-order valence-corrected chi connectivity index (χ1v) is 19.3. The van der Waals surface area contributed by atoms with Crippen molar-refractivity contribution in [2.24, 2.45) is 5.92 Å². The average Bonchev–Trinajstić information content (AvgIpc) is 3.11. The lowest BCUT2D eigenvalue weighted by Crippen LogP contribution is -2.51. The summed E-state index contributed by atoms with van der Waals surface area (Å²) < 4.78 is 22.2. The zero-order chi connectivity index (χ0) is 36.0. The minimum atomic E-state index is -1.93. The molecule has 0 heterocycles. The Bertz CT molecular complexity index is 1990. The minimum Gasteiger partial charge on any atom is -0.465 e. The van der Waals surface area contributed by atoms with Gasteiger partial charge in [-0.2, -0.15) is 0 Å². The molecule has 50 heavy (non-hydrogen) atoms. The second-order valence-corrected chi connectivity index (χ2v) is 14.8. The molecule has 4 aromatic carbocycles. The molecule has 0 bridgehead atoms. The van der Waals surface area contributed by atoms with Gasteiger partial charge in [-0.3, -0.25) is 9.59 Å². The van der Waals surface area contributed by atoms with E-state index in [1.807, 2.05) is 64.1 Å². The molecular formula is C40H44Br2O8. The molecule has 0 aromatic heterocycles. The zero-order valence-corrected chi connectivity index (χ0v) is 32.3. The van der Waals surface area contributed by atoms with Crippen molar-refractivity contribution in [3.8, 4) is 0 Å². The topological polar surface area (TPSA) is 105 Å². The fourth-order valence-electron chi connectivity index (χ4n) is 6.65. The van der Waals surface area contributed by atoms with Crippen LogP contribution in [0.4, 0.5) is 0 Å². The molecule has 5 rings (SSSR count). The quantitative estimate of drug-likeness (QED) is 0.0276. The molecule has 2 atom stereocenters. The first-order valence-electron chi connectivity index (χ1n) is 17.7. The van der Waals surface area contributed by atoms with Crippen molar-refractivity contribution in [1.82, 2.24) is 0 Å². The highest BCUT2D eigenvalue weighted by Crippen LogP contribution is 2.54. The number of alkyl halides is 1. The number of carbonyl (C=O) groups is 4. The Hall–Kier alpha value is -3.50. The van der Waals surface area contributed by atoms with Crippen LogP contribution in [0, 0.1) is 5.92 Å². The molecule has 2 unspecified atom stereocenters. The Morgan fingerprint density at radius 1 is 0.660 bits per heavy atom. The van der Waals surface area contributed by atoms with Crippen molar-refractivity contribution < 1.29 is 38.1 Å². The molecular weight excluding hydrogens is 768 g/mol. The Balaban J connectivity index is 2.02. The summed E-state index contributed by atoms with van der Waals surface area (Å²) in [6.45, 7) is 8.38. The number of halogens is 2. The van der Waals surface area contributed by atoms with E-state index < -0.39 is 34.1 Å². The molecule has 10 heteroatoms. The van der Waals surface area contributed by atoms with Crippen LogP contribution in [0.5, 0.6) is 0 Å². The fourth-order valence-corrected chi connectivity index (χ4v) is 8.14. The molecule has 0 amide bonds. The second-order valence-electron chi connectivity index (χ2n) is 12.7. The van der Waals surface area contributed by atoms with Gasteiger partial charge in [0.05, 0.1) is 37.6 Å². The van der Waals surface area contributed by atoms with Crippen LogP contribution in [0.2, 0.25) is 0 Å². The number of carbonyl (C=O) groups excluding carboxylic acids is 4. The van der Waals surface area contributed by atoms with E-state index in [9.17, 15) is 19.2 Å². The SMILES string of the molecule is CCCCOC(=O)C1=c2c(C(=O)OCCCC)ccc3c2c(c2cccc4ccc(Br)c3c42)C(Br)(C(=O)OCCCC)C1C(=O)OCCCC. The summed E-state index contributed by atoms with van der Waals surface area (Å²) in [5.74, 6) is -4.55. The van der Waals surface area contributed by atoms with Crippen LogP contribution in [0.15, 0.2) is 46.9 Å². The molecule has 0 N–H and O–H groups in total. The van der Waals surface area contributed by atoms with Gasteiger partial charge in [0, 0.05) is 15.1 Å². The first-order chi connectivity index (χ1) is 24.2. The van der Waals surface area contributed by atoms with Gasteiger partial charge in [-0.25, -0.2) is 9.59 Å². The molecule has 0 aliphatic heterocycles. The first kappa shape index (κ1) is 37.7.